The Hall–Kier alpha value is -1.89. The first-order valence-corrected chi connectivity index (χ1v) is 5.63. The van der Waals surface area contributed by atoms with Crippen LogP contribution in [0.25, 0.3) is 16.0 Å². The predicted octanol–water partition coefficient (Wildman–Crippen LogP) is 3.59. The molecule has 4 nitrogen and oxygen atoms in total. The van der Waals surface area contributed by atoms with Crippen LogP contribution in [0.5, 0.6) is 0 Å². The van der Waals surface area contributed by atoms with Crippen molar-refractivity contribution < 1.29 is 0 Å². The Balaban J connectivity index is 2.83. The van der Waals surface area contributed by atoms with Gasteiger partial charge in [-0.05, 0) is 28.4 Å². The molecule has 0 saturated heterocycles. The van der Waals surface area contributed by atoms with Gasteiger partial charge < -0.3 is 0 Å². The van der Waals surface area contributed by atoms with Gasteiger partial charge in [0.1, 0.15) is 5.40 Å². The highest BCUT2D eigenvalue weighted by Gasteiger charge is 2.00. The lowest BCUT2D eigenvalue weighted by Crippen LogP contribution is -1.88. The van der Waals surface area contributed by atoms with E-state index in [4.69, 9.17) is 10.8 Å². The van der Waals surface area contributed by atoms with Gasteiger partial charge in [-0.25, -0.2) is 0 Å². The van der Waals surface area contributed by atoms with Crippen molar-refractivity contribution in [1.29, 1.82) is 5.26 Å². The summed E-state index contributed by atoms with van der Waals surface area (Å²) in [5, 5.41) is 14.0. The molecule has 0 aromatic heterocycles. The highest BCUT2D eigenvalue weighted by atomic mass is 32.2. The molecule has 0 heterocycles. The van der Waals surface area contributed by atoms with Gasteiger partial charge in [-0.1, -0.05) is 41.5 Å². The molecule has 0 aliphatic carbocycles. The summed E-state index contributed by atoms with van der Waals surface area (Å²) in [5.41, 5.74) is 10.3. The summed E-state index contributed by atoms with van der Waals surface area (Å²) in [7, 11) is 0. The van der Waals surface area contributed by atoms with Crippen molar-refractivity contribution in [2.75, 3.05) is 12.3 Å². The Morgan fingerprint density at radius 1 is 1.50 bits per heavy atom. The third-order valence-electron chi connectivity index (χ3n) is 1.92. The fraction of sp³-hybridized carbons (Fsp3) is 0.182. The highest BCUT2D eigenvalue weighted by Crippen LogP contribution is 2.18. The van der Waals surface area contributed by atoms with Crippen LogP contribution in [-0.2, 0) is 0 Å². The second kappa shape index (κ2) is 7.41. The molecule has 16 heavy (non-hydrogen) atoms. The normalized spacial score (nSPS) is 10.3. The summed E-state index contributed by atoms with van der Waals surface area (Å²) < 4.78 is 0. The summed E-state index contributed by atoms with van der Waals surface area (Å²) in [6.07, 6.45) is 1.85. The summed E-state index contributed by atoms with van der Waals surface area (Å²) in [5.74, 6) is 0.599. The monoisotopic (exact) mass is 230 g/mol. The van der Waals surface area contributed by atoms with Crippen molar-refractivity contribution in [3.8, 4) is 5.40 Å². The van der Waals surface area contributed by atoms with Crippen LogP contribution in [0.15, 0.2) is 41.5 Å². The van der Waals surface area contributed by atoms with Gasteiger partial charge in [0.05, 0.1) is 0 Å². The van der Waals surface area contributed by atoms with Crippen molar-refractivity contribution in [2.45, 2.75) is 0 Å². The standard InChI is InChI=1S/C11H10N4S/c12-9-16-8-11(6-7-14-15-13)10-4-2-1-3-5-10/h1-6H,7-8H2. The molecule has 0 N–H and O–H groups in total. The van der Waals surface area contributed by atoms with E-state index in [0.717, 1.165) is 11.1 Å². The van der Waals surface area contributed by atoms with Gasteiger partial charge in [-0.2, -0.15) is 5.26 Å². The van der Waals surface area contributed by atoms with E-state index in [9.17, 15) is 0 Å². The van der Waals surface area contributed by atoms with Crippen molar-refractivity contribution in [2.24, 2.45) is 5.11 Å². The Morgan fingerprint density at radius 3 is 2.88 bits per heavy atom. The third-order valence-corrected chi connectivity index (χ3v) is 2.50. The van der Waals surface area contributed by atoms with Crippen molar-refractivity contribution in [3.63, 3.8) is 0 Å². The van der Waals surface area contributed by atoms with Crippen LogP contribution in [0.3, 0.4) is 0 Å². The van der Waals surface area contributed by atoms with Gasteiger partial charge in [0, 0.05) is 17.2 Å². The maximum absolute atomic E-state index is 8.54. The lowest BCUT2D eigenvalue weighted by molar-refractivity contribution is 1.21. The fourth-order valence-electron chi connectivity index (χ4n) is 1.21. The minimum Gasteiger partial charge on any atom is -0.185 e. The first-order valence-electron chi connectivity index (χ1n) is 4.64. The number of hydrogen-bond acceptors (Lipinski definition) is 3. The van der Waals surface area contributed by atoms with Gasteiger partial charge in [-0.3, -0.25) is 0 Å². The van der Waals surface area contributed by atoms with E-state index in [-0.39, 0.29) is 0 Å². The van der Waals surface area contributed by atoms with E-state index in [2.05, 4.69) is 10.0 Å². The molecular weight excluding hydrogens is 220 g/mol. The van der Waals surface area contributed by atoms with E-state index < -0.39 is 0 Å². The minimum atomic E-state index is 0.312. The van der Waals surface area contributed by atoms with E-state index in [1.165, 1.54) is 11.8 Å². The maximum Gasteiger partial charge on any atom is 0.133 e. The largest absolute Gasteiger partial charge is 0.185 e. The number of hydrogen-bond donors (Lipinski definition) is 0. The lowest BCUT2D eigenvalue weighted by Gasteiger charge is -2.04. The molecule has 0 aliphatic rings. The van der Waals surface area contributed by atoms with Gasteiger partial charge in [0.2, 0.25) is 0 Å². The van der Waals surface area contributed by atoms with Gasteiger partial charge in [-0.15, -0.1) is 0 Å². The molecule has 0 fully saturated rings. The molecule has 0 saturated carbocycles. The molecule has 0 unspecified atom stereocenters. The second-order valence-electron chi connectivity index (χ2n) is 2.89. The molecule has 0 bridgehead atoms. The van der Waals surface area contributed by atoms with E-state index >= 15 is 0 Å². The van der Waals surface area contributed by atoms with Crippen molar-refractivity contribution in [3.05, 3.63) is 52.4 Å². The quantitative estimate of drug-likeness (QED) is 0.335. The Bertz CT molecular complexity index is 441. The van der Waals surface area contributed by atoms with E-state index in [1.54, 1.807) is 0 Å². The smallest absolute Gasteiger partial charge is 0.133 e. The van der Waals surface area contributed by atoms with Crippen molar-refractivity contribution in [1.82, 2.24) is 0 Å². The highest BCUT2D eigenvalue weighted by molar-refractivity contribution is 8.04. The maximum atomic E-state index is 8.54. The number of thiocyanates is 1. The number of rotatable bonds is 5. The molecule has 1 aromatic rings. The zero-order chi connectivity index (χ0) is 11.6. The van der Waals surface area contributed by atoms with Crippen LogP contribution >= 0.6 is 11.8 Å². The first kappa shape index (κ1) is 12.2. The predicted molar refractivity (Wildman–Crippen MR) is 66.5 cm³/mol. The van der Waals surface area contributed by atoms with Crippen LogP contribution in [-0.4, -0.2) is 12.3 Å². The first-order chi connectivity index (χ1) is 7.88. The molecule has 0 spiro atoms. The zero-order valence-corrected chi connectivity index (χ0v) is 9.39. The van der Waals surface area contributed by atoms with Crippen LogP contribution < -0.4 is 0 Å². The second-order valence-corrected chi connectivity index (χ2v) is 3.65. The minimum absolute atomic E-state index is 0.312. The van der Waals surface area contributed by atoms with Crippen LogP contribution in [0, 0.1) is 10.7 Å². The topological polar surface area (TPSA) is 72.5 Å². The number of thioether (sulfide) groups is 1. The fourth-order valence-corrected chi connectivity index (χ4v) is 1.71. The molecule has 1 rings (SSSR count). The van der Waals surface area contributed by atoms with Crippen LogP contribution in [0.1, 0.15) is 5.56 Å². The number of nitriles is 1. The zero-order valence-electron chi connectivity index (χ0n) is 8.58. The summed E-state index contributed by atoms with van der Waals surface area (Å²) in [6, 6.07) is 9.76. The average Bonchev–Trinajstić information content (AvgIpc) is 2.35. The van der Waals surface area contributed by atoms with Crippen LogP contribution in [0.2, 0.25) is 0 Å². The Labute approximate surface area is 98.2 Å². The number of nitrogens with zero attached hydrogens (tertiary/aromatic N) is 4. The van der Waals surface area contributed by atoms with Gasteiger partial charge in [0.25, 0.3) is 0 Å². The molecule has 0 radical (unpaired) electrons. The summed E-state index contributed by atoms with van der Waals surface area (Å²) in [4.78, 5) is 2.69. The van der Waals surface area contributed by atoms with Crippen molar-refractivity contribution >= 4 is 17.3 Å². The number of azide groups is 1. The molecule has 80 valence electrons. The van der Waals surface area contributed by atoms with Crippen LogP contribution in [0.4, 0.5) is 0 Å². The van der Waals surface area contributed by atoms with Gasteiger partial charge >= 0.3 is 0 Å². The molecule has 0 aliphatic heterocycles. The summed E-state index contributed by atoms with van der Waals surface area (Å²) in [6.45, 7) is 0.312. The van der Waals surface area contributed by atoms with E-state index in [0.29, 0.717) is 12.3 Å². The molecule has 0 atom stereocenters. The average molecular weight is 230 g/mol. The Morgan fingerprint density at radius 2 is 2.25 bits per heavy atom. The van der Waals surface area contributed by atoms with E-state index in [1.807, 2.05) is 41.8 Å². The lowest BCUT2D eigenvalue weighted by atomic mass is 10.1. The SMILES string of the molecule is N#CSCC(=CCN=[N+]=[N-])c1ccccc1. The molecular formula is C11H10N4S. The summed E-state index contributed by atoms with van der Waals surface area (Å²) >= 11 is 1.17. The molecule has 1 aromatic carbocycles. The Kier molecular flexibility index (Phi) is 5.64. The third kappa shape index (κ3) is 4.09. The molecule has 0 amide bonds. The van der Waals surface area contributed by atoms with Gasteiger partial charge in [0.15, 0.2) is 0 Å². The number of benzene rings is 1. The molecule has 5 heteroatoms.